The number of carboxylic acid groups (broad SMARTS) is 1. The van der Waals surface area contributed by atoms with Crippen LogP contribution in [-0.4, -0.2) is 16.1 Å². The summed E-state index contributed by atoms with van der Waals surface area (Å²) in [7, 11) is 0. The number of aromatic carboxylic acids is 1. The van der Waals surface area contributed by atoms with Gasteiger partial charge in [-0.3, -0.25) is 0 Å². The maximum Gasteiger partial charge on any atom is 0.335 e. The van der Waals surface area contributed by atoms with Gasteiger partial charge < -0.3 is 10.4 Å². The van der Waals surface area contributed by atoms with Crippen LogP contribution in [0.3, 0.4) is 0 Å². The summed E-state index contributed by atoms with van der Waals surface area (Å²) < 4.78 is 13.5. The van der Waals surface area contributed by atoms with Crippen molar-refractivity contribution in [2.24, 2.45) is 0 Å². The molecule has 2 aromatic rings. The number of thiazole rings is 1. The van der Waals surface area contributed by atoms with Gasteiger partial charge in [0, 0.05) is 11.6 Å². The highest BCUT2D eigenvalue weighted by atomic mass is 32.1. The second-order valence-corrected chi connectivity index (χ2v) is 3.86. The lowest BCUT2D eigenvalue weighted by Crippen LogP contribution is -1.99. The Labute approximate surface area is 94.4 Å². The van der Waals surface area contributed by atoms with E-state index < -0.39 is 11.8 Å². The number of carbonyl (C=O) groups is 1. The highest BCUT2D eigenvalue weighted by Crippen LogP contribution is 2.22. The van der Waals surface area contributed by atoms with Crippen LogP contribution in [0.15, 0.2) is 29.8 Å². The van der Waals surface area contributed by atoms with Crippen molar-refractivity contribution in [3.8, 4) is 0 Å². The van der Waals surface area contributed by atoms with Crippen molar-refractivity contribution < 1.29 is 14.3 Å². The van der Waals surface area contributed by atoms with Crippen LogP contribution in [0.5, 0.6) is 0 Å². The Bertz CT molecular complexity index is 514. The SMILES string of the molecule is O=C(O)c1ccc(Nc2nccs2)c(F)c1. The summed E-state index contributed by atoms with van der Waals surface area (Å²) in [5.74, 6) is -1.77. The van der Waals surface area contributed by atoms with Crippen molar-refractivity contribution in [3.63, 3.8) is 0 Å². The van der Waals surface area contributed by atoms with E-state index in [4.69, 9.17) is 5.11 Å². The van der Waals surface area contributed by atoms with E-state index >= 15 is 0 Å². The molecular weight excluding hydrogens is 231 g/mol. The molecule has 2 N–H and O–H groups in total. The maximum absolute atomic E-state index is 13.5. The summed E-state index contributed by atoms with van der Waals surface area (Å²) in [6.45, 7) is 0. The monoisotopic (exact) mass is 238 g/mol. The number of hydrogen-bond acceptors (Lipinski definition) is 4. The first kappa shape index (κ1) is 10.6. The number of anilines is 2. The van der Waals surface area contributed by atoms with Crippen molar-refractivity contribution in [2.75, 3.05) is 5.32 Å². The number of aromatic nitrogens is 1. The van der Waals surface area contributed by atoms with Gasteiger partial charge in [-0.15, -0.1) is 11.3 Å². The van der Waals surface area contributed by atoms with Crippen molar-refractivity contribution >= 4 is 28.1 Å². The summed E-state index contributed by atoms with van der Waals surface area (Å²) in [5.41, 5.74) is 0.127. The molecule has 16 heavy (non-hydrogen) atoms. The lowest BCUT2D eigenvalue weighted by atomic mass is 10.2. The summed E-state index contributed by atoms with van der Waals surface area (Å²) in [6.07, 6.45) is 1.59. The average Bonchev–Trinajstić information content (AvgIpc) is 2.73. The summed E-state index contributed by atoms with van der Waals surface area (Å²) in [5, 5.41) is 13.7. The third-order valence-corrected chi connectivity index (χ3v) is 2.58. The van der Waals surface area contributed by atoms with Gasteiger partial charge in [-0.1, -0.05) is 0 Å². The van der Waals surface area contributed by atoms with E-state index in [9.17, 15) is 9.18 Å². The van der Waals surface area contributed by atoms with Crippen molar-refractivity contribution in [3.05, 3.63) is 41.2 Å². The van der Waals surface area contributed by atoms with E-state index in [1.54, 1.807) is 11.6 Å². The molecule has 0 spiro atoms. The fourth-order valence-electron chi connectivity index (χ4n) is 1.15. The van der Waals surface area contributed by atoms with Crippen molar-refractivity contribution in [1.82, 2.24) is 4.98 Å². The summed E-state index contributed by atoms with van der Waals surface area (Å²) in [6, 6.07) is 3.68. The highest BCUT2D eigenvalue weighted by Gasteiger charge is 2.08. The quantitative estimate of drug-likeness (QED) is 0.863. The Hall–Kier alpha value is -1.95. The van der Waals surface area contributed by atoms with Crippen molar-refractivity contribution in [1.29, 1.82) is 0 Å². The van der Waals surface area contributed by atoms with E-state index in [0.29, 0.717) is 5.13 Å². The zero-order chi connectivity index (χ0) is 11.5. The van der Waals surface area contributed by atoms with E-state index in [1.807, 2.05) is 0 Å². The molecule has 0 aliphatic carbocycles. The molecule has 0 saturated heterocycles. The normalized spacial score (nSPS) is 10.1. The zero-order valence-corrected chi connectivity index (χ0v) is 8.79. The third kappa shape index (κ3) is 2.17. The third-order valence-electron chi connectivity index (χ3n) is 1.89. The molecule has 1 aromatic heterocycles. The summed E-state index contributed by atoms with van der Waals surface area (Å²) >= 11 is 1.33. The first-order valence-electron chi connectivity index (χ1n) is 4.36. The molecule has 4 nitrogen and oxygen atoms in total. The second-order valence-electron chi connectivity index (χ2n) is 2.96. The molecule has 0 aliphatic heterocycles. The van der Waals surface area contributed by atoms with Crippen molar-refractivity contribution in [2.45, 2.75) is 0 Å². The molecule has 0 fully saturated rings. The Morgan fingerprint density at radius 3 is 2.88 bits per heavy atom. The van der Waals surface area contributed by atoms with Crippen LogP contribution in [0.1, 0.15) is 10.4 Å². The Kier molecular flexibility index (Phi) is 2.82. The molecule has 0 saturated carbocycles. The number of benzene rings is 1. The first-order valence-corrected chi connectivity index (χ1v) is 5.24. The molecule has 0 amide bonds. The molecule has 0 bridgehead atoms. The maximum atomic E-state index is 13.5. The molecule has 0 atom stereocenters. The van der Waals surface area contributed by atoms with Gasteiger partial charge in [-0.25, -0.2) is 14.2 Å². The molecule has 2 rings (SSSR count). The van der Waals surface area contributed by atoms with Gasteiger partial charge in [-0.2, -0.15) is 0 Å². The number of rotatable bonds is 3. The Morgan fingerprint density at radius 2 is 2.31 bits per heavy atom. The predicted molar refractivity (Wildman–Crippen MR) is 58.8 cm³/mol. The topological polar surface area (TPSA) is 62.2 Å². The highest BCUT2D eigenvalue weighted by molar-refractivity contribution is 7.13. The van der Waals surface area contributed by atoms with Crippen LogP contribution in [0, 0.1) is 5.82 Å². The largest absolute Gasteiger partial charge is 0.478 e. The van der Waals surface area contributed by atoms with Crippen LogP contribution >= 0.6 is 11.3 Å². The van der Waals surface area contributed by atoms with E-state index in [2.05, 4.69) is 10.3 Å². The van der Waals surface area contributed by atoms with Gasteiger partial charge in [0.25, 0.3) is 0 Å². The fraction of sp³-hybridized carbons (Fsp3) is 0. The van der Waals surface area contributed by atoms with Crippen LogP contribution < -0.4 is 5.32 Å². The molecule has 0 aliphatic rings. The van der Waals surface area contributed by atoms with E-state index in [0.717, 1.165) is 6.07 Å². The van der Waals surface area contributed by atoms with Crippen LogP contribution in [0.25, 0.3) is 0 Å². The smallest absolute Gasteiger partial charge is 0.335 e. The number of carboxylic acids is 1. The number of halogens is 1. The second kappa shape index (κ2) is 4.28. The van der Waals surface area contributed by atoms with E-state index in [1.165, 1.54) is 23.5 Å². The Balaban J connectivity index is 2.26. The first-order chi connectivity index (χ1) is 7.66. The molecule has 6 heteroatoms. The molecule has 0 radical (unpaired) electrons. The van der Waals surface area contributed by atoms with E-state index in [-0.39, 0.29) is 11.3 Å². The minimum Gasteiger partial charge on any atom is -0.478 e. The zero-order valence-electron chi connectivity index (χ0n) is 7.98. The molecule has 1 aromatic carbocycles. The molecular formula is C10H7FN2O2S. The standard InChI is InChI=1S/C10H7FN2O2S/c11-7-5-6(9(14)15)1-2-8(7)13-10-12-3-4-16-10/h1-5H,(H,12,13)(H,14,15). The van der Waals surface area contributed by atoms with Gasteiger partial charge >= 0.3 is 5.97 Å². The van der Waals surface area contributed by atoms with Gasteiger partial charge in [-0.05, 0) is 18.2 Å². The van der Waals surface area contributed by atoms with Crippen LogP contribution in [0.2, 0.25) is 0 Å². The minimum atomic E-state index is -1.15. The lowest BCUT2D eigenvalue weighted by Gasteiger charge is -2.04. The van der Waals surface area contributed by atoms with Crippen LogP contribution in [-0.2, 0) is 0 Å². The number of nitrogens with zero attached hydrogens (tertiary/aromatic N) is 1. The predicted octanol–water partition coefficient (Wildman–Crippen LogP) is 2.72. The summed E-state index contributed by atoms with van der Waals surface area (Å²) in [4.78, 5) is 14.5. The van der Waals surface area contributed by atoms with Gasteiger partial charge in [0.15, 0.2) is 5.13 Å². The van der Waals surface area contributed by atoms with Gasteiger partial charge in [0.05, 0.1) is 11.3 Å². The minimum absolute atomic E-state index is 0.0813. The molecule has 0 unspecified atom stereocenters. The molecule has 1 heterocycles. The fourth-order valence-corrected chi connectivity index (χ4v) is 1.69. The average molecular weight is 238 g/mol. The lowest BCUT2D eigenvalue weighted by molar-refractivity contribution is 0.0696. The Morgan fingerprint density at radius 1 is 1.50 bits per heavy atom. The van der Waals surface area contributed by atoms with Crippen LogP contribution in [0.4, 0.5) is 15.2 Å². The number of hydrogen-bond donors (Lipinski definition) is 2. The van der Waals surface area contributed by atoms with Gasteiger partial charge in [0.1, 0.15) is 5.82 Å². The number of nitrogens with one attached hydrogen (secondary N) is 1. The van der Waals surface area contributed by atoms with Gasteiger partial charge in [0.2, 0.25) is 0 Å². The molecule has 82 valence electrons.